The summed E-state index contributed by atoms with van der Waals surface area (Å²) in [5, 5.41) is 0. The highest BCUT2D eigenvalue weighted by Gasteiger charge is 2.12. The van der Waals surface area contributed by atoms with Crippen LogP contribution in [0, 0.1) is 0 Å². The van der Waals surface area contributed by atoms with Gasteiger partial charge >= 0.3 is 0 Å². The maximum absolute atomic E-state index is 11.5. The van der Waals surface area contributed by atoms with Crippen LogP contribution in [0.15, 0.2) is 4.99 Å². The summed E-state index contributed by atoms with van der Waals surface area (Å²) < 4.78 is 25.5. The summed E-state index contributed by atoms with van der Waals surface area (Å²) in [6.07, 6.45) is 4.43. The van der Waals surface area contributed by atoms with Crippen LogP contribution in [0.25, 0.3) is 0 Å². The van der Waals surface area contributed by atoms with E-state index in [4.69, 9.17) is 0 Å². The highest BCUT2D eigenvalue weighted by atomic mass is 32.2. The first kappa shape index (κ1) is 12.4. The van der Waals surface area contributed by atoms with Gasteiger partial charge < -0.3 is 4.90 Å². The Kier molecular flexibility index (Phi) is 5.04. The van der Waals surface area contributed by atoms with Gasteiger partial charge in [0.2, 0.25) is 10.0 Å². The molecule has 1 N–H and O–H groups in total. The van der Waals surface area contributed by atoms with Crippen molar-refractivity contribution in [3.63, 3.8) is 0 Å². The van der Waals surface area contributed by atoms with E-state index in [0.717, 1.165) is 32.4 Å². The minimum absolute atomic E-state index is 0.228. The van der Waals surface area contributed by atoms with Crippen molar-refractivity contribution in [3.05, 3.63) is 0 Å². The number of hydrogen-bond donors (Lipinski definition) is 1. The number of rotatable bonds is 7. The molecule has 0 aromatic carbocycles. The molecule has 0 spiro atoms. The minimum atomic E-state index is -3.09. The molecule has 0 fully saturated rings. The molecule has 1 heterocycles. The number of aliphatic imine (C=N–C) groups is 1. The van der Waals surface area contributed by atoms with E-state index in [1.165, 1.54) is 0 Å². The van der Waals surface area contributed by atoms with Crippen LogP contribution in [0.2, 0.25) is 0 Å². The molecule has 88 valence electrons. The van der Waals surface area contributed by atoms with Crippen molar-refractivity contribution < 1.29 is 8.42 Å². The normalized spacial score (nSPS) is 16.2. The number of nitrogens with one attached hydrogen (secondary N) is 1. The molecule has 0 saturated heterocycles. The number of unbranched alkanes of at least 4 members (excludes halogenated alkanes) is 2. The first-order valence-corrected chi connectivity index (χ1v) is 7.00. The first-order chi connectivity index (χ1) is 7.14. The molecular weight excluding hydrogens is 214 g/mol. The smallest absolute Gasteiger partial charge is 0.213 e. The van der Waals surface area contributed by atoms with E-state index >= 15 is 0 Å². The van der Waals surface area contributed by atoms with Crippen LogP contribution in [-0.2, 0) is 10.0 Å². The molecule has 0 saturated carbocycles. The maximum Gasteiger partial charge on any atom is 0.213 e. The van der Waals surface area contributed by atoms with E-state index in [2.05, 4.69) is 16.6 Å². The maximum atomic E-state index is 11.5. The van der Waals surface area contributed by atoms with E-state index in [9.17, 15) is 8.42 Å². The molecule has 0 bridgehead atoms. The van der Waals surface area contributed by atoms with Gasteiger partial charge in [-0.2, -0.15) is 4.72 Å². The third kappa shape index (κ3) is 5.13. The molecule has 0 aliphatic carbocycles. The molecule has 1 rings (SSSR count). The topological polar surface area (TPSA) is 61.8 Å². The number of nitrogens with zero attached hydrogens (tertiary/aromatic N) is 2. The molecule has 0 unspecified atom stereocenters. The zero-order valence-electron chi connectivity index (χ0n) is 9.15. The number of sulfonamides is 1. The fourth-order valence-corrected chi connectivity index (χ4v) is 2.42. The standard InChI is InChI=1S/C9H19N3O2S/c1-2-3-4-7-15(13,14)11-9-12-6-5-10-8-12/h8,11H,2-7,9H2,1H3. The van der Waals surface area contributed by atoms with Crippen LogP contribution in [0.5, 0.6) is 0 Å². The number of hydrogen-bond acceptors (Lipinski definition) is 4. The lowest BCUT2D eigenvalue weighted by Crippen LogP contribution is -2.37. The van der Waals surface area contributed by atoms with Gasteiger partial charge in [-0.25, -0.2) is 8.42 Å². The summed E-state index contributed by atoms with van der Waals surface area (Å²) in [5.74, 6) is 0.228. The van der Waals surface area contributed by atoms with Gasteiger partial charge in [0.25, 0.3) is 0 Å². The summed E-state index contributed by atoms with van der Waals surface area (Å²) in [6, 6.07) is 0. The predicted octanol–water partition coefficient (Wildman–Crippen LogP) is 0.397. The lowest BCUT2D eigenvalue weighted by Gasteiger charge is -2.14. The highest BCUT2D eigenvalue weighted by Crippen LogP contribution is 1.98. The zero-order chi connectivity index (χ0) is 11.1. The van der Waals surface area contributed by atoms with Gasteiger partial charge in [0, 0.05) is 6.54 Å². The third-order valence-electron chi connectivity index (χ3n) is 2.27. The van der Waals surface area contributed by atoms with E-state index in [1.54, 1.807) is 6.34 Å². The lowest BCUT2D eigenvalue weighted by molar-refractivity contribution is 0.452. The second-order valence-corrected chi connectivity index (χ2v) is 5.59. The van der Waals surface area contributed by atoms with Gasteiger partial charge in [0.05, 0.1) is 25.3 Å². The van der Waals surface area contributed by atoms with Crippen LogP contribution in [0.3, 0.4) is 0 Å². The minimum Gasteiger partial charge on any atom is -0.347 e. The molecule has 5 nitrogen and oxygen atoms in total. The van der Waals surface area contributed by atoms with Gasteiger partial charge in [0.1, 0.15) is 0 Å². The fourth-order valence-electron chi connectivity index (χ4n) is 1.33. The van der Waals surface area contributed by atoms with E-state index < -0.39 is 10.0 Å². The molecule has 1 aliphatic rings. The average Bonchev–Trinajstić information content (AvgIpc) is 2.68. The van der Waals surface area contributed by atoms with Gasteiger partial charge in [-0.05, 0) is 6.42 Å². The summed E-state index contributed by atoms with van der Waals surface area (Å²) in [4.78, 5) is 5.87. The van der Waals surface area contributed by atoms with Crippen molar-refractivity contribution in [1.82, 2.24) is 9.62 Å². The predicted molar refractivity (Wildman–Crippen MR) is 61.4 cm³/mol. The van der Waals surface area contributed by atoms with Gasteiger partial charge in [-0.1, -0.05) is 19.8 Å². The third-order valence-corrected chi connectivity index (χ3v) is 3.66. The van der Waals surface area contributed by atoms with E-state index in [1.807, 2.05) is 4.90 Å². The molecule has 6 heteroatoms. The van der Waals surface area contributed by atoms with Gasteiger partial charge in [-0.3, -0.25) is 4.99 Å². The zero-order valence-corrected chi connectivity index (χ0v) is 9.96. The van der Waals surface area contributed by atoms with Crippen molar-refractivity contribution in [1.29, 1.82) is 0 Å². The van der Waals surface area contributed by atoms with Crippen LogP contribution < -0.4 is 4.72 Å². The Bertz CT molecular complexity index is 300. The Labute approximate surface area is 91.6 Å². The second kappa shape index (κ2) is 6.07. The average molecular weight is 233 g/mol. The summed E-state index contributed by atoms with van der Waals surface area (Å²) in [5.41, 5.74) is 0. The van der Waals surface area contributed by atoms with E-state index in [0.29, 0.717) is 6.67 Å². The van der Waals surface area contributed by atoms with Crippen molar-refractivity contribution in [3.8, 4) is 0 Å². The Morgan fingerprint density at radius 3 is 2.87 bits per heavy atom. The molecule has 0 aromatic heterocycles. The largest absolute Gasteiger partial charge is 0.347 e. The van der Waals surface area contributed by atoms with Crippen LogP contribution in [-0.4, -0.2) is 45.2 Å². The molecule has 0 amide bonds. The van der Waals surface area contributed by atoms with Crippen LogP contribution in [0.4, 0.5) is 0 Å². The summed E-state index contributed by atoms with van der Waals surface area (Å²) >= 11 is 0. The first-order valence-electron chi connectivity index (χ1n) is 5.35. The Hall–Kier alpha value is -0.620. The Balaban J connectivity index is 2.20. The Morgan fingerprint density at radius 1 is 1.47 bits per heavy atom. The van der Waals surface area contributed by atoms with Crippen LogP contribution >= 0.6 is 0 Å². The molecule has 1 aliphatic heterocycles. The fraction of sp³-hybridized carbons (Fsp3) is 0.889. The lowest BCUT2D eigenvalue weighted by atomic mass is 10.3. The SMILES string of the molecule is CCCCCS(=O)(=O)NCN1C=NCC1. The molecule has 0 atom stereocenters. The second-order valence-electron chi connectivity index (χ2n) is 3.66. The van der Waals surface area contributed by atoms with Crippen LogP contribution in [0.1, 0.15) is 26.2 Å². The summed E-state index contributed by atoms with van der Waals surface area (Å²) in [6.45, 7) is 3.97. The molecule has 15 heavy (non-hydrogen) atoms. The highest BCUT2D eigenvalue weighted by molar-refractivity contribution is 7.89. The van der Waals surface area contributed by atoms with Gasteiger partial charge in [-0.15, -0.1) is 0 Å². The van der Waals surface area contributed by atoms with Gasteiger partial charge in [0.15, 0.2) is 0 Å². The van der Waals surface area contributed by atoms with Crippen molar-refractivity contribution >= 4 is 16.4 Å². The van der Waals surface area contributed by atoms with Crippen molar-refractivity contribution in [2.45, 2.75) is 26.2 Å². The summed E-state index contributed by atoms with van der Waals surface area (Å²) in [7, 11) is -3.09. The van der Waals surface area contributed by atoms with Crippen molar-refractivity contribution in [2.75, 3.05) is 25.5 Å². The molecule has 0 aromatic rings. The van der Waals surface area contributed by atoms with E-state index in [-0.39, 0.29) is 5.75 Å². The van der Waals surface area contributed by atoms with Crippen molar-refractivity contribution in [2.24, 2.45) is 4.99 Å². The quantitative estimate of drug-likeness (QED) is 0.647. The molecule has 0 radical (unpaired) electrons. The Morgan fingerprint density at radius 2 is 2.27 bits per heavy atom. The molecular formula is C9H19N3O2S. The monoisotopic (exact) mass is 233 g/mol.